The molecule has 2 rings (SSSR count). The number of benzene rings is 2. The van der Waals surface area contributed by atoms with E-state index in [9.17, 15) is 0 Å². The molecule has 0 heterocycles. The predicted molar refractivity (Wildman–Crippen MR) is 73.3 cm³/mol. The van der Waals surface area contributed by atoms with Gasteiger partial charge < -0.3 is 9.39 Å². The highest BCUT2D eigenvalue weighted by molar-refractivity contribution is 6.00. The van der Waals surface area contributed by atoms with Gasteiger partial charge in [0.15, 0.2) is 0 Å². The van der Waals surface area contributed by atoms with Gasteiger partial charge in [-0.1, -0.05) is 43.3 Å². The summed E-state index contributed by atoms with van der Waals surface area (Å²) in [5.74, 6) is 1.72. The van der Waals surface area contributed by atoms with E-state index in [-0.39, 0.29) is 5.92 Å². The molecule has 3 heteroatoms. The van der Waals surface area contributed by atoms with Crippen LogP contribution in [0.3, 0.4) is 0 Å². The van der Waals surface area contributed by atoms with Gasteiger partial charge in [0.1, 0.15) is 11.5 Å². The first-order chi connectivity index (χ1) is 8.77. The molecule has 0 aliphatic carbocycles. The van der Waals surface area contributed by atoms with E-state index in [1.165, 1.54) is 0 Å². The van der Waals surface area contributed by atoms with E-state index in [1.807, 2.05) is 42.5 Å². The maximum absolute atomic E-state index is 5.39. The van der Waals surface area contributed by atoms with E-state index in [0.717, 1.165) is 16.9 Å². The number of methoxy groups -OCH3 is 1. The molecule has 0 aliphatic heterocycles. The highest BCUT2D eigenvalue weighted by Gasteiger charge is 2.16. The van der Waals surface area contributed by atoms with Crippen molar-refractivity contribution >= 4 is 8.05 Å². The maximum atomic E-state index is 5.39. The molecule has 0 fully saturated rings. The third-order valence-electron chi connectivity index (χ3n) is 3.12. The smallest absolute Gasteiger partial charge is 0.374 e. The third kappa shape index (κ3) is 2.35. The highest BCUT2D eigenvalue weighted by atomic mass is 16.5. The summed E-state index contributed by atoms with van der Waals surface area (Å²) in [7, 11) is 6.98. The van der Waals surface area contributed by atoms with Crippen molar-refractivity contribution < 1.29 is 9.39 Å². The first-order valence-corrected chi connectivity index (χ1v) is 5.86. The lowest BCUT2D eigenvalue weighted by Crippen LogP contribution is -2.02. The Balaban J connectivity index is 2.44. The number of hydrogen-bond donors (Lipinski definition) is 0. The van der Waals surface area contributed by atoms with Crippen molar-refractivity contribution in [2.75, 3.05) is 7.11 Å². The SMILES string of the molecule is [B]Oc1ccccc1C(C)c1ccccc1OC. The molecular formula is C15H15BO2. The zero-order valence-electron chi connectivity index (χ0n) is 10.6. The van der Waals surface area contributed by atoms with Crippen molar-refractivity contribution in [2.45, 2.75) is 12.8 Å². The van der Waals surface area contributed by atoms with Crippen LogP contribution in [-0.4, -0.2) is 15.2 Å². The fourth-order valence-electron chi connectivity index (χ4n) is 2.14. The number of ether oxygens (including phenoxy) is 1. The molecule has 0 aliphatic rings. The summed E-state index contributed by atoms with van der Waals surface area (Å²) < 4.78 is 10.3. The zero-order chi connectivity index (χ0) is 13.0. The second-order valence-corrected chi connectivity index (χ2v) is 4.12. The van der Waals surface area contributed by atoms with Gasteiger partial charge in [0.2, 0.25) is 0 Å². The van der Waals surface area contributed by atoms with Crippen LogP contribution in [0.25, 0.3) is 0 Å². The molecule has 0 spiro atoms. The lowest BCUT2D eigenvalue weighted by molar-refractivity contribution is 0.408. The average Bonchev–Trinajstić information content (AvgIpc) is 2.46. The van der Waals surface area contributed by atoms with Crippen molar-refractivity contribution in [2.24, 2.45) is 0 Å². The second-order valence-electron chi connectivity index (χ2n) is 4.12. The average molecular weight is 238 g/mol. The van der Waals surface area contributed by atoms with Gasteiger partial charge in [-0.05, 0) is 17.7 Å². The lowest BCUT2D eigenvalue weighted by Gasteiger charge is -2.18. The summed E-state index contributed by atoms with van der Waals surface area (Å²) in [6.45, 7) is 2.11. The summed E-state index contributed by atoms with van der Waals surface area (Å²) >= 11 is 0. The largest absolute Gasteiger partial charge is 0.568 e. The van der Waals surface area contributed by atoms with Crippen LogP contribution in [0.2, 0.25) is 0 Å². The molecule has 0 saturated carbocycles. The van der Waals surface area contributed by atoms with E-state index in [2.05, 4.69) is 13.0 Å². The standard InChI is InChI=1S/C15H15BO2/c1-11(12-7-3-5-9-14(12)17-2)13-8-4-6-10-15(13)18-16/h3-11H,1-2H3. The van der Waals surface area contributed by atoms with Gasteiger partial charge in [-0.3, -0.25) is 0 Å². The minimum Gasteiger partial charge on any atom is -0.568 e. The second kappa shape index (κ2) is 5.63. The number of para-hydroxylation sites is 2. The predicted octanol–water partition coefficient (Wildman–Crippen LogP) is 3.31. The normalized spacial score (nSPS) is 11.9. The maximum Gasteiger partial charge on any atom is 0.374 e. The molecule has 2 radical (unpaired) electrons. The summed E-state index contributed by atoms with van der Waals surface area (Å²) in [5, 5.41) is 0. The topological polar surface area (TPSA) is 18.5 Å². The highest BCUT2D eigenvalue weighted by Crippen LogP contribution is 2.35. The van der Waals surface area contributed by atoms with Crippen molar-refractivity contribution in [1.82, 2.24) is 0 Å². The Hall–Kier alpha value is -1.90. The summed E-state index contributed by atoms with van der Waals surface area (Å²) in [5.41, 5.74) is 2.16. The molecular weight excluding hydrogens is 223 g/mol. The Kier molecular flexibility index (Phi) is 3.93. The molecule has 2 aromatic carbocycles. The Morgan fingerprint density at radius 2 is 1.39 bits per heavy atom. The molecule has 0 bridgehead atoms. The van der Waals surface area contributed by atoms with E-state index in [1.54, 1.807) is 7.11 Å². The molecule has 1 unspecified atom stereocenters. The summed E-state index contributed by atoms with van der Waals surface area (Å²) in [6.07, 6.45) is 0. The summed E-state index contributed by atoms with van der Waals surface area (Å²) in [6, 6.07) is 15.7. The fraction of sp³-hybridized carbons (Fsp3) is 0.200. The molecule has 0 N–H and O–H groups in total. The Labute approximate surface area is 109 Å². The number of rotatable bonds is 4. The van der Waals surface area contributed by atoms with Gasteiger partial charge in [-0.2, -0.15) is 0 Å². The van der Waals surface area contributed by atoms with Crippen LogP contribution in [-0.2, 0) is 0 Å². The molecule has 90 valence electrons. The lowest BCUT2D eigenvalue weighted by atomic mass is 9.91. The Morgan fingerprint density at radius 3 is 1.94 bits per heavy atom. The molecule has 18 heavy (non-hydrogen) atoms. The van der Waals surface area contributed by atoms with E-state index in [0.29, 0.717) is 5.75 Å². The van der Waals surface area contributed by atoms with Crippen LogP contribution < -0.4 is 9.39 Å². The monoisotopic (exact) mass is 238 g/mol. The molecule has 0 saturated heterocycles. The van der Waals surface area contributed by atoms with Gasteiger partial charge in [0, 0.05) is 11.5 Å². The quantitative estimate of drug-likeness (QED) is 0.760. The minimum absolute atomic E-state index is 0.154. The van der Waals surface area contributed by atoms with E-state index >= 15 is 0 Å². The van der Waals surface area contributed by atoms with Crippen molar-refractivity contribution in [3.05, 3.63) is 59.7 Å². The van der Waals surface area contributed by atoms with Crippen molar-refractivity contribution in [1.29, 1.82) is 0 Å². The van der Waals surface area contributed by atoms with Gasteiger partial charge in [-0.15, -0.1) is 0 Å². The summed E-state index contributed by atoms with van der Waals surface area (Å²) in [4.78, 5) is 0. The first-order valence-electron chi connectivity index (χ1n) is 5.86. The van der Waals surface area contributed by atoms with Crippen molar-refractivity contribution in [3.63, 3.8) is 0 Å². The third-order valence-corrected chi connectivity index (χ3v) is 3.12. The van der Waals surface area contributed by atoms with Crippen LogP contribution in [0, 0.1) is 0 Å². The van der Waals surface area contributed by atoms with Gasteiger partial charge in [-0.25, -0.2) is 0 Å². The van der Waals surface area contributed by atoms with Gasteiger partial charge in [0.05, 0.1) is 7.11 Å². The minimum atomic E-state index is 0.154. The van der Waals surface area contributed by atoms with Crippen LogP contribution in [0.1, 0.15) is 24.0 Å². The van der Waals surface area contributed by atoms with E-state index in [4.69, 9.17) is 17.4 Å². The van der Waals surface area contributed by atoms with Crippen molar-refractivity contribution in [3.8, 4) is 11.5 Å². The van der Waals surface area contributed by atoms with Crippen LogP contribution in [0.4, 0.5) is 0 Å². The van der Waals surface area contributed by atoms with Crippen LogP contribution in [0.15, 0.2) is 48.5 Å². The molecule has 1 atom stereocenters. The molecule has 0 amide bonds. The molecule has 2 nitrogen and oxygen atoms in total. The molecule has 0 aromatic heterocycles. The Bertz CT molecular complexity index is 478. The Morgan fingerprint density at radius 1 is 0.889 bits per heavy atom. The van der Waals surface area contributed by atoms with Crippen LogP contribution >= 0.6 is 0 Å². The van der Waals surface area contributed by atoms with Crippen LogP contribution in [0.5, 0.6) is 11.5 Å². The number of hydrogen-bond acceptors (Lipinski definition) is 2. The van der Waals surface area contributed by atoms with Gasteiger partial charge in [0.25, 0.3) is 0 Å². The zero-order valence-corrected chi connectivity index (χ0v) is 10.6. The van der Waals surface area contributed by atoms with Gasteiger partial charge >= 0.3 is 8.05 Å². The first kappa shape index (κ1) is 12.6. The molecule has 2 aromatic rings. The fourth-order valence-corrected chi connectivity index (χ4v) is 2.14. The van der Waals surface area contributed by atoms with E-state index < -0.39 is 0 Å².